The van der Waals surface area contributed by atoms with Gasteiger partial charge in [0.1, 0.15) is 5.75 Å². The lowest BCUT2D eigenvalue weighted by Gasteiger charge is -2.26. The molecule has 0 aliphatic carbocycles. The minimum atomic E-state index is -0.170. The number of ether oxygens (including phenoxy) is 1. The van der Waals surface area contributed by atoms with Crippen molar-refractivity contribution in [2.75, 3.05) is 31.6 Å². The number of nitrogens with zero attached hydrogens (tertiary/aromatic N) is 3. The minimum absolute atomic E-state index is 0.170. The molecule has 0 bridgehead atoms. The molecule has 0 atom stereocenters. The number of anilines is 1. The highest BCUT2D eigenvalue weighted by Gasteiger charge is 2.13. The summed E-state index contributed by atoms with van der Waals surface area (Å²) >= 11 is 0. The van der Waals surface area contributed by atoms with Crippen LogP contribution in [0.15, 0.2) is 36.7 Å². The summed E-state index contributed by atoms with van der Waals surface area (Å²) in [5.74, 6) is 0.507. The van der Waals surface area contributed by atoms with E-state index in [0.717, 1.165) is 13.1 Å². The van der Waals surface area contributed by atoms with E-state index < -0.39 is 0 Å². The number of hydrogen-bond donors (Lipinski definition) is 1. The van der Waals surface area contributed by atoms with Crippen molar-refractivity contribution in [1.29, 1.82) is 0 Å². The van der Waals surface area contributed by atoms with Gasteiger partial charge in [0, 0.05) is 12.7 Å². The number of nitrogens with one attached hydrogen (secondary N) is 1. The normalized spacial score (nSPS) is 15.1. The van der Waals surface area contributed by atoms with E-state index in [1.807, 2.05) is 42.1 Å². The zero-order chi connectivity index (χ0) is 17.5. The van der Waals surface area contributed by atoms with Gasteiger partial charge in [0.15, 0.2) is 0 Å². The lowest BCUT2D eigenvalue weighted by atomic mass is 10.1. The Kier molecular flexibility index (Phi) is 6.06. The minimum Gasteiger partial charge on any atom is -0.492 e. The zero-order valence-corrected chi connectivity index (χ0v) is 14.8. The fourth-order valence-corrected chi connectivity index (χ4v) is 3.08. The number of carbonyl (C=O) groups is 1. The van der Waals surface area contributed by atoms with Crippen molar-refractivity contribution in [2.24, 2.45) is 0 Å². The molecule has 1 N–H and O–H groups in total. The van der Waals surface area contributed by atoms with Crippen LogP contribution in [0.2, 0.25) is 0 Å². The summed E-state index contributed by atoms with van der Waals surface area (Å²) in [5, 5.41) is 7.22. The molecule has 1 saturated heterocycles. The van der Waals surface area contributed by atoms with Gasteiger partial charge < -0.3 is 15.0 Å². The first kappa shape index (κ1) is 17.5. The molecule has 1 aliphatic rings. The lowest BCUT2D eigenvalue weighted by molar-refractivity contribution is 0.102. The topological polar surface area (TPSA) is 59.4 Å². The van der Waals surface area contributed by atoms with Gasteiger partial charge in [-0.05, 0) is 45.0 Å². The molecule has 2 heterocycles. The van der Waals surface area contributed by atoms with Crippen molar-refractivity contribution in [3.05, 3.63) is 42.2 Å². The molecule has 0 saturated carbocycles. The van der Waals surface area contributed by atoms with Crippen molar-refractivity contribution < 1.29 is 9.53 Å². The van der Waals surface area contributed by atoms with E-state index in [9.17, 15) is 4.79 Å². The van der Waals surface area contributed by atoms with E-state index in [2.05, 4.69) is 15.3 Å². The summed E-state index contributed by atoms with van der Waals surface area (Å²) in [5.41, 5.74) is 1.24. The fourth-order valence-electron chi connectivity index (χ4n) is 3.08. The number of rotatable bonds is 7. The van der Waals surface area contributed by atoms with Crippen LogP contribution in [0.25, 0.3) is 0 Å². The lowest BCUT2D eigenvalue weighted by Crippen LogP contribution is -2.32. The molecule has 134 valence electrons. The molecule has 1 aromatic carbocycles. The third-order valence-electron chi connectivity index (χ3n) is 4.42. The van der Waals surface area contributed by atoms with Gasteiger partial charge in [-0.2, -0.15) is 5.10 Å². The molecular weight excluding hydrogens is 316 g/mol. The van der Waals surface area contributed by atoms with E-state index >= 15 is 0 Å². The molecule has 1 aliphatic heterocycles. The Bertz CT molecular complexity index is 692. The average molecular weight is 342 g/mol. The monoisotopic (exact) mass is 342 g/mol. The molecule has 1 aromatic heterocycles. The maximum atomic E-state index is 12.5. The zero-order valence-electron chi connectivity index (χ0n) is 14.8. The second kappa shape index (κ2) is 8.67. The van der Waals surface area contributed by atoms with E-state index in [4.69, 9.17) is 4.74 Å². The molecule has 6 nitrogen and oxygen atoms in total. The Morgan fingerprint density at radius 2 is 2.00 bits per heavy atom. The predicted octanol–water partition coefficient (Wildman–Crippen LogP) is 3.02. The van der Waals surface area contributed by atoms with Crippen molar-refractivity contribution >= 4 is 11.6 Å². The van der Waals surface area contributed by atoms with Crippen molar-refractivity contribution in [2.45, 2.75) is 32.7 Å². The number of aromatic nitrogens is 2. The van der Waals surface area contributed by atoms with Gasteiger partial charge >= 0.3 is 0 Å². The summed E-state index contributed by atoms with van der Waals surface area (Å²) in [6, 6.07) is 7.45. The maximum absolute atomic E-state index is 12.5. The van der Waals surface area contributed by atoms with Gasteiger partial charge in [-0.1, -0.05) is 18.6 Å². The number of para-hydroxylation sites is 2. The Morgan fingerprint density at radius 3 is 2.80 bits per heavy atom. The highest BCUT2D eigenvalue weighted by molar-refractivity contribution is 6.04. The summed E-state index contributed by atoms with van der Waals surface area (Å²) in [6.45, 7) is 6.61. The Hall–Kier alpha value is -2.34. The highest BCUT2D eigenvalue weighted by Crippen LogP contribution is 2.24. The van der Waals surface area contributed by atoms with Crippen molar-refractivity contribution in [3.8, 4) is 5.75 Å². The van der Waals surface area contributed by atoms with Gasteiger partial charge in [0.05, 0.1) is 30.6 Å². The average Bonchev–Trinajstić information content (AvgIpc) is 3.12. The smallest absolute Gasteiger partial charge is 0.258 e. The van der Waals surface area contributed by atoms with Crippen LogP contribution in [0.4, 0.5) is 5.69 Å². The molecule has 0 spiro atoms. The van der Waals surface area contributed by atoms with Gasteiger partial charge in [-0.3, -0.25) is 9.48 Å². The molecule has 25 heavy (non-hydrogen) atoms. The second-order valence-corrected chi connectivity index (χ2v) is 6.28. The van der Waals surface area contributed by atoms with Crippen LogP contribution in [0.1, 0.15) is 36.5 Å². The SMILES string of the molecule is CCOc1ccccc1NC(=O)c1cnn(CCN2CCCCC2)c1. The summed E-state index contributed by atoms with van der Waals surface area (Å²) < 4.78 is 7.39. The Morgan fingerprint density at radius 1 is 1.20 bits per heavy atom. The van der Waals surface area contributed by atoms with Gasteiger partial charge in [0.2, 0.25) is 0 Å². The third-order valence-corrected chi connectivity index (χ3v) is 4.42. The number of amides is 1. The Balaban J connectivity index is 1.57. The van der Waals surface area contributed by atoms with Crippen LogP contribution in [-0.4, -0.2) is 46.8 Å². The molecule has 6 heteroatoms. The standard InChI is InChI=1S/C19H26N4O2/c1-2-25-18-9-5-4-8-17(18)21-19(24)16-14-20-23(15-16)13-12-22-10-6-3-7-11-22/h4-5,8-9,14-15H,2-3,6-7,10-13H2,1H3,(H,21,24). The van der Waals surface area contributed by atoms with Crippen LogP contribution >= 0.6 is 0 Å². The number of carbonyl (C=O) groups excluding carboxylic acids is 1. The van der Waals surface area contributed by atoms with Gasteiger partial charge in [-0.25, -0.2) is 0 Å². The van der Waals surface area contributed by atoms with E-state index in [1.54, 1.807) is 6.20 Å². The largest absolute Gasteiger partial charge is 0.492 e. The van der Waals surface area contributed by atoms with E-state index in [0.29, 0.717) is 23.6 Å². The number of likely N-dealkylation sites (tertiary alicyclic amines) is 1. The first-order chi connectivity index (χ1) is 12.3. The first-order valence-corrected chi connectivity index (χ1v) is 9.04. The molecule has 0 radical (unpaired) electrons. The van der Waals surface area contributed by atoms with Gasteiger partial charge in [-0.15, -0.1) is 0 Å². The first-order valence-electron chi connectivity index (χ1n) is 9.04. The van der Waals surface area contributed by atoms with Crippen LogP contribution in [0.5, 0.6) is 5.75 Å². The van der Waals surface area contributed by atoms with Crippen LogP contribution in [0.3, 0.4) is 0 Å². The third kappa shape index (κ3) is 4.82. The number of benzene rings is 1. The molecule has 3 rings (SSSR count). The van der Waals surface area contributed by atoms with Crippen LogP contribution < -0.4 is 10.1 Å². The fraction of sp³-hybridized carbons (Fsp3) is 0.474. The highest BCUT2D eigenvalue weighted by atomic mass is 16.5. The number of hydrogen-bond acceptors (Lipinski definition) is 4. The molecule has 1 fully saturated rings. The molecule has 1 amide bonds. The molecular formula is C19H26N4O2. The predicted molar refractivity (Wildman–Crippen MR) is 98.1 cm³/mol. The van der Waals surface area contributed by atoms with Gasteiger partial charge in [0.25, 0.3) is 5.91 Å². The second-order valence-electron chi connectivity index (χ2n) is 6.28. The van der Waals surface area contributed by atoms with Crippen LogP contribution in [-0.2, 0) is 6.54 Å². The van der Waals surface area contributed by atoms with E-state index in [-0.39, 0.29) is 5.91 Å². The Labute approximate surface area is 148 Å². The number of piperidine rings is 1. The summed E-state index contributed by atoms with van der Waals surface area (Å²) in [4.78, 5) is 14.9. The van der Waals surface area contributed by atoms with E-state index in [1.165, 1.54) is 32.4 Å². The summed E-state index contributed by atoms with van der Waals surface area (Å²) in [6.07, 6.45) is 7.33. The molecule has 0 unspecified atom stereocenters. The van der Waals surface area contributed by atoms with Crippen molar-refractivity contribution in [1.82, 2.24) is 14.7 Å². The van der Waals surface area contributed by atoms with Crippen molar-refractivity contribution in [3.63, 3.8) is 0 Å². The van der Waals surface area contributed by atoms with Crippen LogP contribution in [0, 0.1) is 0 Å². The quantitative estimate of drug-likeness (QED) is 0.840. The summed E-state index contributed by atoms with van der Waals surface area (Å²) in [7, 11) is 0. The molecule has 2 aromatic rings. The maximum Gasteiger partial charge on any atom is 0.258 e.